The van der Waals surface area contributed by atoms with Crippen LogP contribution < -0.4 is 5.32 Å². The maximum atomic E-state index is 12.2. The first-order chi connectivity index (χ1) is 9.08. The van der Waals surface area contributed by atoms with Gasteiger partial charge in [0.05, 0.1) is 13.2 Å². The van der Waals surface area contributed by atoms with Crippen molar-refractivity contribution >= 4 is 11.9 Å². The summed E-state index contributed by atoms with van der Waals surface area (Å²) in [5.74, 6) is -0.552. The zero-order valence-electron chi connectivity index (χ0n) is 11.6. The number of esters is 1. The molecule has 0 saturated carbocycles. The van der Waals surface area contributed by atoms with Gasteiger partial charge in [0.1, 0.15) is 6.54 Å². The zero-order valence-corrected chi connectivity index (χ0v) is 11.6. The summed E-state index contributed by atoms with van der Waals surface area (Å²) in [6, 6.07) is 9.21. The number of ether oxygens (including phenoxy) is 1. The van der Waals surface area contributed by atoms with Crippen LogP contribution in [0, 0.1) is 0 Å². The van der Waals surface area contributed by atoms with Crippen molar-refractivity contribution in [2.45, 2.75) is 19.5 Å². The molecule has 5 nitrogen and oxygen atoms in total. The minimum atomic E-state index is -0.424. The fourth-order valence-corrected chi connectivity index (χ4v) is 1.63. The molecule has 19 heavy (non-hydrogen) atoms. The lowest BCUT2D eigenvalue weighted by Crippen LogP contribution is -2.45. The highest BCUT2D eigenvalue weighted by molar-refractivity contribution is 5.85. The Hall–Kier alpha value is -1.88. The Labute approximate surface area is 113 Å². The largest absolute Gasteiger partial charge is 0.468 e. The molecule has 104 valence electrons. The van der Waals surface area contributed by atoms with Crippen molar-refractivity contribution in [2.24, 2.45) is 0 Å². The number of nitrogens with one attached hydrogen (secondary N) is 1. The smallest absolute Gasteiger partial charge is 0.325 e. The molecule has 1 rings (SSSR count). The van der Waals surface area contributed by atoms with E-state index < -0.39 is 5.97 Å². The van der Waals surface area contributed by atoms with E-state index in [0.29, 0.717) is 6.54 Å². The number of rotatable bonds is 6. The standard InChI is InChI=1S/C14H20N2O3/c1-11(15-2)14(18)16(10-13(17)19-3)9-12-7-5-4-6-8-12/h4-8,11,15H,9-10H2,1-3H3. The van der Waals surface area contributed by atoms with Crippen molar-refractivity contribution in [2.75, 3.05) is 20.7 Å². The normalized spacial score (nSPS) is 11.7. The summed E-state index contributed by atoms with van der Waals surface area (Å²) >= 11 is 0. The van der Waals surface area contributed by atoms with Crippen molar-refractivity contribution < 1.29 is 14.3 Å². The maximum Gasteiger partial charge on any atom is 0.325 e. The molecular formula is C14H20N2O3. The molecule has 1 amide bonds. The molecule has 1 N–H and O–H groups in total. The number of hydrogen-bond donors (Lipinski definition) is 1. The number of likely N-dealkylation sites (N-methyl/N-ethyl adjacent to an activating group) is 1. The summed E-state index contributed by atoms with van der Waals surface area (Å²) in [5.41, 5.74) is 0.975. The molecule has 1 aromatic carbocycles. The minimum Gasteiger partial charge on any atom is -0.468 e. The van der Waals surface area contributed by atoms with Crippen LogP contribution in [-0.2, 0) is 20.9 Å². The summed E-state index contributed by atoms with van der Waals surface area (Å²) in [7, 11) is 3.02. The van der Waals surface area contributed by atoms with Crippen LogP contribution in [0.25, 0.3) is 0 Å². The highest BCUT2D eigenvalue weighted by atomic mass is 16.5. The van der Waals surface area contributed by atoms with Crippen molar-refractivity contribution in [3.8, 4) is 0 Å². The fraction of sp³-hybridized carbons (Fsp3) is 0.429. The van der Waals surface area contributed by atoms with Crippen LogP contribution in [0.5, 0.6) is 0 Å². The van der Waals surface area contributed by atoms with E-state index in [0.717, 1.165) is 5.56 Å². The topological polar surface area (TPSA) is 58.6 Å². The van der Waals surface area contributed by atoms with Gasteiger partial charge in [0, 0.05) is 6.54 Å². The van der Waals surface area contributed by atoms with Gasteiger partial charge in [-0.3, -0.25) is 9.59 Å². The zero-order chi connectivity index (χ0) is 14.3. The summed E-state index contributed by atoms with van der Waals surface area (Å²) < 4.78 is 4.63. The Morgan fingerprint density at radius 3 is 2.47 bits per heavy atom. The van der Waals surface area contributed by atoms with Crippen molar-refractivity contribution in [3.05, 3.63) is 35.9 Å². The van der Waals surface area contributed by atoms with E-state index in [1.54, 1.807) is 14.0 Å². The molecular weight excluding hydrogens is 244 g/mol. The molecule has 0 aliphatic carbocycles. The van der Waals surface area contributed by atoms with E-state index in [9.17, 15) is 9.59 Å². The van der Waals surface area contributed by atoms with Crippen LogP contribution in [-0.4, -0.2) is 43.5 Å². The summed E-state index contributed by atoms with van der Waals surface area (Å²) in [5, 5.41) is 2.88. The van der Waals surface area contributed by atoms with Gasteiger partial charge in [-0.1, -0.05) is 30.3 Å². The Morgan fingerprint density at radius 1 is 1.32 bits per heavy atom. The Kier molecular flexibility index (Phi) is 6.02. The molecule has 0 aliphatic rings. The van der Waals surface area contributed by atoms with E-state index in [1.165, 1.54) is 12.0 Å². The average molecular weight is 264 g/mol. The number of nitrogens with zero attached hydrogens (tertiary/aromatic N) is 1. The third-order valence-electron chi connectivity index (χ3n) is 2.88. The third kappa shape index (κ3) is 4.71. The second-order valence-corrected chi connectivity index (χ2v) is 4.27. The van der Waals surface area contributed by atoms with Crippen LogP contribution in [0.1, 0.15) is 12.5 Å². The molecule has 0 spiro atoms. The van der Waals surface area contributed by atoms with Gasteiger partial charge >= 0.3 is 5.97 Å². The van der Waals surface area contributed by atoms with Gasteiger partial charge < -0.3 is 15.0 Å². The van der Waals surface area contributed by atoms with Crippen LogP contribution in [0.3, 0.4) is 0 Å². The molecule has 0 saturated heterocycles. The summed E-state index contributed by atoms with van der Waals surface area (Å²) in [4.78, 5) is 25.1. The van der Waals surface area contributed by atoms with E-state index >= 15 is 0 Å². The number of methoxy groups -OCH3 is 1. The first-order valence-corrected chi connectivity index (χ1v) is 6.15. The lowest BCUT2D eigenvalue weighted by molar-refractivity contribution is -0.148. The van der Waals surface area contributed by atoms with Crippen molar-refractivity contribution in [3.63, 3.8) is 0 Å². The van der Waals surface area contributed by atoms with E-state index in [1.807, 2.05) is 30.3 Å². The third-order valence-corrected chi connectivity index (χ3v) is 2.88. The molecule has 0 fully saturated rings. The molecule has 1 atom stereocenters. The van der Waals surface area contributed by atoms with E-state index in [4.69, 9.17) is 0 Å². The van der Waals surface area contributed by atoms with E-state index in [2.05, 4.69) is 10.1 Å². The first kappa shape index (κ1) is 15.2. The van der Waals surface area contributed by atoms with Crippen LogP contribution in [0.4, 0.5) is 0 Å². The number of carbonyl (C=O) groups is 2. The Balaban J connectivity index is 2.80. The quantitative estimate of drug-likeness (QED) is 0.772. The summed E-state index contributed by atoms with van der Waals surface area (Å²) in [6.45, 7) is 2.11. The number of amides is 1. The lowest BCUT2D eigenvalue weighted by Gasteiger charge is -2.24. The van der Waals surface area contributed by atoms with Gasteiger partial charge in [-0.15, -0.1) is 0 Å². The van der Waals surface area contributed by atoms with Gasteiger partial charge in [0.25, 0.3) is 0 Å². The second kappa shape index (κ2) is 7.53. The van der Waals surface area contributed by atoms with Crippen LogP contribution in [0.15, 0.2) is 30.3 Å². The van der Waals surface area contributed by atoms with Gasteiger partial charge in [-0.05, 0) is 19.5 Å². The average Bonchev–Trinajstić information content (AvgIpc) is 2.45. The second-order valence-electron chi connectivity index (χ2n) is 4.27. The number of hydrogen-bond acceptors (Lipinski definition) is 4. The first-order valence-electron chi connectivity index (χ1n) is 6.15. The van der Waals surface area contributed by atoms with Gasteiger partial charge in [-0.25, -0.2) is 0 Å². The molecule has 1 unspecified atom stereocenters. The van der Waals surface area contributed by atoms with Gasteiger partial charge in [0.2, 0.25) is 5.91 Å². The molecule has 0 bridgehead atoms. The molecule has 0 aliphatic heterocycles. The number of carbonyl (C=O) groups excluding carboxylic acids is 2. The number of benzene rings is 1. The predicted octanol–water partition coefficient (Wildman–Crippen LogP) is 0.796. The maximum absolute atomic E-state index is 12.2. The molecule has 5 heteroatoms. The highest BCUT2D eigenvalue weighted by Crippen LogP contribution is 2.06. The molecule has 0 heterocycles. The highest BCUT2D eigenvalue weighted by Gasteiger charge is 2.22. The summed E-state index contributed by atoms with van der Waals surface area (Å²) in [6.07, 6.45) is 0. The van der Waals surface area contributed by atoms with E-state index in [-0.39, 0.29) is 18.5 Å². The minimum absolute atomic E-state index is 0.0454. The predicted molar refractivity (Wildman–Crippen MR) is 72.4 cm³/mol. The molecule has 1 aromatic rings. The molecule has 0 aromatic heterocycles. The van der Waals surface area contributed by atoms with Gasteiger partial charge in [-0.2, -0.15) is 0 Å². The van der Waals surface area contributed by atoms with Gasteiger partial charge in [0.15, 0.2) is 0 Å². The SMILES string of the molecule is CNC(C)C(=O)N(CC(=O)OC)Cc1ccccc1. The van der Waals surface area contributed by atoms with Crippen LogP contribution in [0.2, 0.25) is 0 Å². The van der Waals surface area contributed by atoms with Crippen molar-refractivity contribution in [1.82, 2.24) is 10.2 Å². The lowest BCUT2D eigenvalue weighted by atomic mass is 10.2. The fourth-order valence-electron chi connectivity index (χ4n) is 1.63. The monoisotopic (exact) mass is 264 g/mol. The Morgan fingerprint density at radius 2 is 1.95 bits per heavy atom. The molecule has 0 radical (unpaired) electrons. The van der Waals surface area contributed by atoms with Crippen LogP contribution >= 0.6 is 0 Å². The Bertz CT molecular complexity index is 420. The van der Waals surface area contributed by atoms with Crippen molar-refractivity contribution in [1.29, 1.82) is 0 Å².